The van der Waals surface area contributed by atoms with E-state index in [1.807, 2.05) is 6.07 Å². The maximum absolute atomic E-state index is 13.9. The first-order chi connectivity index (χ1) is 15.0. The van der Waals surface area contributed by atoms with E-state index in [2.05, 4.69) is 36.1 Å². The Labute approximate surface area is 212 Å². The Morgan fingerprint density at radius 3 is 2.62 bits per heavy atom. The van der Waals surface area contributed by atoms with Gasteiger partial charge in [-0.15, -0.1) is 0 Å². The van der Waals surface area contributed by atoms with E-state index in [1.165, 1.54) is 37.1 Å². The second kappa shape index (κ2) is 9.43. The van der Waals surface area contributed by atoms with Crippen LogP contribution in [0.3, 0.4) is 0 Å². The fourth-order valence-electron chi connectivity index (χ4n) is 6.01. The van der Waals surface area contributed by atoms with Gasteiger partial charge in [0.15, 0.2) is 5.78 Å². The number of amides is 1. The number of nitrogens with zero attached hydrogens (tertiary/aromatic N) is 2. The molecule has 0 radical (unpaired) electrons. The number of hydrogen-bond donors (Lipinski definition) is 0. The van der Waals surface area contributed by atoms with Gasteiger partial charge < -0.3 is 33.4 Å². The highest BCUT2D eigenvalue weighted by Crippen LogP contribution is 2.40. The van der Waals surface area contributed by atoms with E-state index >= 15 is 0 Å². The molecule has 1 aliphatic carbocycles. The van der Waals surface area contributed by atoms with Crippen LogP contribution in [-0.4, -0.2) is 53.8 Å². The third-order valence-electron chi connectivity index (χ3n) is 7.82. The monoisotopic (exact) mass is 564 g/mol. The lowest BCUT2D eigenvalue weighted by Crippen LogP contribution is -3.00. The molecule has 1 saturated heterocycles. The summed E-state index contributed by atoms with van der Waals surface area (Å²) in [7, 11) is 0. The van der Waals surface area contributed by atoms with Gasteiger partial charge in [-0.2, -0.15) is 0 Å². The highest BCUT2D eigenvalue weighted by atomic mass is 127. The predicted octanol–water partition coefficient (Wildman–Crippen LogP) is 1.77. The summed E-state index contributed by atoms with van der Waals surface area (Å²) in [5, 5.41) is 0.583. The molecule has 2 heterocycles. The van der Waals surface area contributed by atoms with E-state index in [0.717, 1.165) is 29.6 Å². The zero-order valence-corrected chi connectivity index (χ0v) is 21.4. The largest absolute Gasteiger partial charge is 1.00 e. The number of Topliss-reactive ketones (excluding diaryl/α,β-unsaturated/α-hetero) is 1. The molecule has 1 amide bonds. The second-order valence-electron chi connectivity index (χ2n) is 9.40. The number of likely N-dealkylation sites (N-methyl/N-ethyl adjacent to an activating group) is 1. The van der Waals surface area contributed by atoms with Crippen molar-refractivity contribution < 1.29 is 38.0 Å². The van der Waals surface area contributed by atoms with Crippen LogP contribution in [0.5, 0.6) is 0 Å². The first kappa shape index (κ1) is 23.7. The van der Waals surface area contributed by atoms with Crippen molar-refractivity contribution in [3.63, 3.8) is 0 Å². The molecule has 32 heavy (non-hydrogen) atoms. The molecule has 0 saturated carbocycles. The number of likely N-dealkylation sites (tertiary alicyclic amines) is 1. The van der Waals surface area contributed by atoms with Gasteiger partial charge in [-0.3, -0.25) is 9.59 Å². The Morgan fingerprint density at radius 1 is 1.12 bits per heavy atom. The molecule has 2 aromatic rings. The topological polar surface area (TPSA) is 37.4 Å². The number of hydrogen-bond acceptors (Lipinski definition) is 2. The van der Waals surface area contributed by atoms with Gasteiger partial charge in [-0.1, -0.05) is 35.9 Å². The van der Waals surface area contributed by atoms with Crippen LogP contribution in [-0.2, 0) is 11.2 Å². The zero-order valence-electron chi connectivity index (χ0n) is 18.5. The van der Waals surface area contributed by atoms with Gasteiger partial charge in [0, 0.05) is 36.4 Å². The van der Waals surface area contributed by atoms with Gasteiger partial charge in [0.1, 0.15) is 12.6 Å². The number of carbonyl (C=O) groups excluding carboxylic acids is 2. The Bertz CT molecular complexity index is 1030. The van der Waals surface area contributed by atoms with Gasteiger partial charge in [0.2, 0.25) is 5.91 Å². The molecular weight excluding hydrogens is 535 g/mol. The summed E-state index contributed by atoms with van der Waals surface area (Å²) in [6, 6.07) is 14.0. The number of quaternary nitrogens is 1. The molecule has 2 unspecified atom stereocenters. The van der Waals surface area contributed by atoms with Crippen molar-refractivity contribution in [3.05, 3.63) is 69.7 Å². The Kier molecular flexibility index (Phi) is 6.99. The van der Waals surface area contributed by atoms with Crippen molar-refractivity contribution in [2.24, 2.45) is 0 Å². The number of fused-ring (bicyclic) bond motifs is 2. The molecule has 4 nitrogen and oxygen atoms in total. The third kappa shape index (κ3) is 4.12. The molecule has 170 valence electrons. The lowest BCUT2D eigenvalue weighted by Gasteiger charge is -2.44. The van der Waals surface area contributed by atoms with Crippen LogP contribution < -0.4 is 24.0 Å². The molecule has 6 heteroatoms. The summed E-state index contributed by atoms with van der Waals surface area (Å²) in [5.74, 6) is -0.277. The summed E-state index contributed by atoms with van der Waals surface area (Å²) in [5.41, 5.74) is 4.11. The number of halogens is 2. The van der Waals surface area contributed by atoms with Crippen molar-refractivity contribution in [2.45, 2.75) is 44.6 Å². The van der Waals surface area contributed by atoms with Gasteiger partial charge >= 0.3 is 0 Å². The minimum absolute atomic E-state index is 0. The Hall–Kier alpha value is -1.44. The van der Waals surface area contributed by atoms with E-state index in [9.17, 15) is 9.59 Å². The van der Waals surface area contributed by atoms with Crippen LogP contribution >= 0.6 is 11.6 Å². The summed E-state index contributed by atoms with van der Waals surface area (Å²) >= 11 is 6.23. The van der Waals surface area contributed by atoms with Crippen molar-refractivity contribution in [1.29, 1.82) is 0 Å². The van der Waals surface area contributed by atoms with Crippen LogP contribution in [0.4, 0.5) is 0 Å². The Balaban J connectivity index is 0.00000245. The lowest BCUT2D eigenvalue weighted by molar-refractivity contribution is -0.917. The van der Waals surface area contributed by atoms with Crippen LogP contribution in [0.2, 0.25) is 5.02 Å². The zero-order chi connectivity index (χ0) is 21.6. The SMILES string of the molecule is CC[N+]1(CC2c3ccccc3CCN2C(=O)C2CC(=O)c3ccc(Cl)cc32)CCCC1.[I-]. The fraction of sp³-hybridized carbons (Fsp3) is 0.462. The highest BCUT2D eigenvalue weighted by molar-refractivity contribution is 6.31. The highest BCUT2D eigenvalue weighted by Gasteiger charge is 2.43. The molecule has 0 N–H and O–H groups in total. The fourth-order valence-corrected chi connectivity index (χ4v) is 6.20. The Morgan fingerprint density at radius 2 is 1.88 bits per heavy atom. The maximum atomic E-state index is 13.9. The van der Waals surface area contributed by atoms with E-state index in [0.29, 0.717) is 17.1 Å². The molecule has 0 spiro atoms. The van der Waals surface area contributed by atoms with Crippen molar-refractivity contribution in [2.75, 3.05) is 32.7 Å². The first-order valence-corrected chi connectivity index (χ1v) is 12.0. The second-order valence-corrected chi connectivity index (χ2v) is 9.84. The molecule has 0 bridgehead atoms. The lowest BCUT2D eigenvalue weighted by atomic mass is 9.89. The van der Waals surface area contributed by atoms with Crippen LogP contribution in [0, 0.1) is 0 Å². The van der Waals surface area contributed by atoms with Crippen LogP contribution in [0.1, 0.15) is 65.2 Å². The molecular formula is C26H30ClIN2O2. The molecule has 1 fully saturated rings. The number of ketones is 1. The molecule has 0 aromatic heterocycles. The van der Waals surface area contributed by atoms with Gasteiger partial charge in [0.05, 0.1) is 25.6 Å². The quantitative estimate of drug-likeness (QED) is 0.420. The molecule has 2 atom stereocenters. The first-order valence-electron chi connectivity index (χ1n) is 11.6. The van der Waals surface area contributed by atoms with Crippen molar-refractivity contribution >= 4 is 23.3 Å². The smallest absolute Gasteiger partial charge is 0.231 e. The predicted molar refractivity (Wildman–Crippen MR) is 122 cm³/mol. The van der Waals surface area contributed by atoms with E-state index in [4.69, 9.17) is 11.6 Å². The average molecular weight is 565 g/mol. The van der Waals surface area contributed by atoms with Crippen molar-refractivity contribution in [1.82, 2.24) is 4.90 Å². The minimum atomic E-state index is -0.414. The summed E-state index contributed by atoms with van der Waals surface area (Å²) in [6.07, 6.45) is 3.65. The number of benzene rings is 2. The summed E-state index contributed by atoms with van der Waals surface area (Å²) in [6.45, 7) is 7.43. The van der Waals surface area contributed by atoms with Gasteiger partial charge in [0.25, 0.3) is 0 Å². The minimum Gasteiger partial charge on any atom is -1.00 e. The standard InChI is InChI=1S/C26H30ClN2O2.HI/c1-2-29(13-5-6-14-29)17-24-20-8-4-3-7-18(20)11-12-28(24)26(31)23-16-25(30)21-10-9-19(27)15-22(21)23;/h3-4,7-10,15,23-24H,2,5-6,11-14,16-17H2,1H3;1H/q+1;/p-1. The maximum Gasteiger partial charge on any atom is 0.231 e. The van der Waals surface area contributed by atoms with Crippen molar-refractivity contribution in [3.8, 4) is 0 Å². The summed E-state index contributed by atoms with van der Waals surface area (Å²) in [4.78, 5) is 28.6. The molecule has 2 aliphatic heterocycles. The molecule has 2 aromatic carbocycles. The normalized spacial score (nSPS) is 23.4. The van der Waals surface area contributed by atoms with Crippen LogP contribution in [0.25, 0.3) is 0 Å². The van der Waals surface area contributed by atoms with Gasteiger partial charge in [-0.25, -0.2) is 0 Å². The van der Waals surface area contributed by atoms with Crippen LogP contribution in [0.15, 0.2) is 42.5 Å². The van der Waals surface area contributed by atoms with Gasteiger partial charge in [-0.05, 0) is 48.2 Å². The molecule has 3 aliphatic rings. The van der Waals surface area contributed by atoms with E-state index in [-0.39, 0.29) is 48.1 Å². The van der Waals surface area contributed by atoms with E-state index in [1.54, 1.807) is 12.1 Å². The number of rotatable bonds is 4. The number of carbonyl (C=O) groups is 2. The average Bonchev–Trinajstić information content (AvgIpc) is 3.38. The third-order valence-corrected chi connectivity index (χ3v) is 8.05. The van der Waals surface area contributed by atoms with E-state index < -0.39 is 5.92 Å². The molecule has 5 rings (SSSR count). The summed E-state index contributed by atoms with van der Waals surface area (Å²) < 4.78 is 1.08.